The van der Waals surface area contributed by atoms with E-state index in [9.17, 15) is 5.11 Å². The molecular weight excluding hydrogens is 184 g/mol. The number of benzene rings is 1. The van der Waals surface area contributed by atoms with Crippen LogP contribution in [0.5, 0.6) is 5.75 Å². The Bertz CT molecular complexity index is 315. The van der Waals surface area contributed by atoms with Crippen molar-refractivity contribution in [3.63, 3.8) is 0 Å². The molecule has 1 aromatic carbocycles. The van der Waals surface area contributed by atoms with Crippen LogP contribution in [0, 0.1) is 0 Å². The molecule has 1 rings (SSSR count). The molecule has 0 bridgehead atoms. The van der Waals surface area contributed by atoms with Crippen LogP contribution in [0.4, 0.5) is 0 Å². The fourth-order valence-corrected chi connectivity index (χ4v) is 1.81. The zero-order valence-corrected chi connectivity index (χ0v) is 9.50. The van der Waals surface area contributed by atoms with Crippen molar-refractivity contribution in [3.05, 3.63) is 42.0 Å². The maximum absolute atomic E-state index is 9.78. The Morgan fingerprint density at radius 1 is 1.33 bits per heavy atom. The van der Waals surface area contributed by atoms with E-state index in [4.69, 9.17) is 0 Å². The van der Waals surface area contributed by atoms with Gasteiger partial charge in [-0.3, -0.25) is 0 Å². The van der Waals surface area contributed by atoms with E-state index in [1.807, 2.05) is 12.1 Å². The molecule has 0 amide bonds. The summed E-state index contributed by atoms with van der Waals surface area (Å²) in [6.07, 6.45) is 7.29. The average molecular weight is 204 g/mol. The molecule has 0 unspecified atom stereocenters. The summed E-state index contributed by atoms with van der Waals surface area (Å²) in [4.78, 5) is 0. The lowest BCUT2D eigenvalue weighted by atomic mass is 9.98. The van der Waals surface area contributed by atoms with Crippen molar-refractivity contribution >= 4 is 0 Å². The molecule has 1 aromatic rings. The van der Waals surface area contributed by atoms with E-state index in [2.05, 4.69) is 19.6 Å². The summed E-state index contributed by atoms with van der Waals surface area (Å²) < 4.78 is 0. The van der Waals surface area contributed by atoms with E-state index in [-0.39, 0.29) is 0 Å². The van der Waals surface area contributed by atoms with Crippen molar-refractivity contribution in [2.45, 2.75) is 39.0 Å². The van der Waals surface area contributed by atoms with Gasteiger partial charge in [0.15, 0.2) is 0 Å². The van der Waals surface area contributed by atoms with Crippen molar-refractivity contribution in [1.82, 2.24) is 0 Å². The molecule has 1 heteroatoms. The lowest BCUT2D eigenvalue weighted by molar-refractivity contribution is 0.465. The molecule has 0 aromatic heterocycles. The molecule has 1 N–H and O–H groups in total. The molecule has 0 atom stereocenters. The van der Waals surface area contributed by atoms with Crippen molar-refractivity contribution < 1.29 is 5.11 Å². The largest absolute Gasteiger partial charge is 0.508 e. The molecule has 0 saturated heterocycles. The summed E-state index contributed by atoms with van der Waals surface area (Å²) in [5, 5.41) is 9.78. The molecule has 0 heterocycles. The van der Waals surface area contributed by atoms with E-state index >= 15 is 0 Å². The van der Waals surface area contributed by atoms with Gasteiger partial charge in [0, 0.05) is 0 Å². The summed E-state index contributed by atoms with van der Waals surface area (Å²) in [7, 11) is 0. The van der Waals surface area contributed by atoms with Crippen LogP contribution < -0.4 is 0 Å². The zero-order valence-electron chi connectivity index (χ0n) is 9.50. The first-order valence-corrected chi connectivity index (χ1v) is 5.70. The minimum atomic E-state index is 0.436. The molecular formula is C14H20O. The number of hydrogen-bond donors (Lipinski definition) is 1. The highest BCUT2D eigenvalue weighted by molar-refractivity contribution is 5.40. The van der Waals surface area contributed by atoms with E-state index in [0.29, 0.717) is 5.75 Å². The number of hydrogen-bond acceptors (Lipinski definition) is 1. The van der Waals surface area contributed by atoms with Gasteiger partial charge in [-0.2, -0.15) is 0 Å². The van der Waals surface area contributed by atoms with Gasteiger partial charge < -0.3 is 5.11 Å². The lowest BCUT2D eigenvalue weighted by Crippen LogP contribution is -1.94. The summed E-state index contributed by atoms with van der Waals surface area (Å²) in [6, 6.07) is 5.74. The van der Waals surface area contributed by atoms with E-state index in [1.165, 1.54) is 18.4 Å². The second-order valence-electron chi connectivity index (χ2n) is 3.86. The van der Waals surface area contributed by atoms with E-state index < -0.39 is 0 Å². The fraction of sp³-hybridized carbons (Fsp3) is 0.429. The molecule has 0 radical (unpaired) electrons. The lowest BCUT2D eigenvalue weighted by Gasteiger charge is -2.09. The maximum Gasteiger partial charge on any atom is 0.119 e. The minimum Gasteiger partial charge on any atom is -0.508 e. The Balaban J connectivity index is 2.77. The van der Waals surface area contributed by atoms with Gasteiger partial charge in [-0.15, -0.1) is 6.58 Å². The summed E-state index contributed by atoms with van der Waals surface area (Å²) >= 11 is 0. The molecule has 0 aliphatic rings. The van der Waals surface area contributed by atoms with Crippen molar-refractivity contribution in [3.8, 4) is 5.75 Å². The molecule has 0 saturated carbocycles. The van der Waals surface area contributed by atoms with Crippen LogP contribution in [-0.2, 0) is 12.8 Å². The molecule has 1 nitrogen and oxygen atoms in total. The minimum absolute atomic E-state index is 0.436. The summed E-state index contributed by atoms with van der Waals surface area (Å²) in [5.74, 6) is 0.436. The van der Waals surface area contributed by atoms with Crippen LogP contribution in [0.15, 0.2) is 30.9 Å². The summed E-state index contributed by atoms with van der Waals surface area (Å²) in [6.45, 7) is 5.93. The highest BCUT2D eigenvalue weighted by Gasteiger charge is 2.05. The number of rotatable bonds is 6. The summed E-state index contributed by atoms with van der Waals surface area (Å²) in [5.41, 5.74) is 2.31. The SMILES string of the molecule is C=CCc1cccc(O)c1CCCCC. The van der Waals surface area contributed by atoms with Crippen LogP contribution in [-0.4, -0.2) is 5.11 Å². The van der Waals surface area contributed by atoms with Crippen LogP contribution in [0.3, 0.4) is 0 Å². The normalized spacial score (nSPS) is 10.2. The van der Waals surface area contributed by atoms with Gasteiger partial charge in [0.1, 0.15) is 5.75 Å². The third-order valence-electron chi connectivity index (χ3n) is 2.64. The number of phenolic OH excluding ortho intramolecular Hbond substituents is 1. The first kappa shape index (κ1) is 11.8. The second-order valence-corrected chi connectivity index (χ2v) is 3.86. The zero-order chi connectivity index (χ0) is 11.1. The van der Waals surface area contributed by atoms with Crippen LogP contribution in [0.25, 0.3) is 0 Å². The number of phenols is 1. The van der Waals surface area contributed by atoms with Crippen molar-refractivity contribution in [2.75, 3.05) is 0 Å². The average Bonchev–Trinajstić information content (AvgIpc) is 2.23. The molecule has 0 spiro atoms. The Morgan fingerprint density at radius 2 is 2.13 bits per heavy atom. The molecule has 15 heavy (non-hydrogen) atoms. The van der Waals surface area contributed by atoms with Gasteiger partial charge in [-0.05, 0) is 36.5 Å². The Kier molecular flexibility index (Phi) is 4.96. The highest BCUT2D eigenvalue weighted by Crippen LogP contribution is 2.23. The molecule has 0 fully saturated rings. The monoisotopic (exact) mass is 204 g/mol. The fourth-order valence-electron chi connectivity index (χ4n) is 1.81. The van der Waals surface area contributed by atoms with Gasteiger partial charge in [-0.1, -0.05) is 38.0 Å². The third-order valence-corrected chi connectivity index (χ3v) is 2.64. The highest BCUT2D eigenvalue weighted by atomic mass is 16.3. The Morgan fingerprint density at radius 3 is 2.80 bits per heavy atom. The van der Waals surface area contributed by atoms with Crippen LogP contribution in [0.2, 0.25) is 0 Å². The van der Waals surface area contributed by atoms with Gasteiger partial charge in [-0.25, -0.2) is 0 Å². The molecule has 0 aliphatic carbocycles. The van der Waals surface area contributed by atoms with Crippen molar-refractivity contribution in [2.24, 2.45) is 0 Å². The van der Waals surface area contributed by atoms with Gasteiger partial charge >= 0.3 is 0 Å². The quantitative estimate of drug-likeness (QED) is 0.551. The van der Waals surface area contributed by atoms with Crippen LogP contribution >= 0.6 is 0 Å². The number of unbranched alkanes of at least 4 members (excludes halogenated alkanes) is 2. The first-order valence-electron chi connectivity index (χ1n) is 5.70. The van der Waals surface area contributed by atoms with Gasteiger partial charge in [0.05, 0.1) is 0 Å². The predicted molar refractivity (Wildman–Crippen MR) is 65.2 cm³/mol. The van der Waals surface area contributed by atoms with E-state index in [0.717, 1.165) is 24.8 Å². The topological polar surface area (TPSA) is 20.2 Å². The van der Waals surface area contributed by atoms with E-state index in [1.54, 1.807) is 6.07 Å². The van der Waals surface area contributed by atoms with Gasteiger partial charge in [0.25, 0.3) is 0 Å². The van der Waals surface area contributed by atoms with Gasteiger partial charge in [0.2, 0.25) is 0 Å². The number of aromatic hydroxyl groups is 1. The number of allylic oxidation sites excluding steroid dienone is 1. The third kappa shape index (κ3) is 3.43. The smallest absolute Gasteiger partial charge is 0.119 e. The first-order chi connectivity index (χ1) is 7.29. The molecule has 82 valence electrons. The predicted octanol–water partition coefficient (Wildman–Crippen LogP) is 3.85. The van der Waals surface area contributed by atoms with Crippen molar-refractivity contribution in [1.29, 1.82) is 0 Å². The maximum atomic E-state index is 9.78. The standard InChI is InChI=1S/C14H20O/c1-3-5-6-10-13-12(8-4-2)9-7-11-14(13)15/h4,7,9,11,15H,2-3,5-6,8,10H2,1H3. The second kappa shape index (κ2) is 6.28. The Hall–Kier alpha value is -1.24. The molecule has 0 aliphatic heterocycles. The van der Waals surface area contributed by atoms with Crippen LogP contribution in [0.1, 0.15) is 37.3 Å². The Labute approximate surface area is 92.5 Å².